The highest BCUT2D eigenvalue weighted by Gasteiger charge is 2.37. The zero-order valence-electron chi connectivity index (χ0n) is 17.6. The zero-order valence-corrected chi connectivity index (χ0v) is 18.6. The highest BCUT2D eigenvalue weighted by atomic mass is 28.4. The molecule has 0 aromatic carbocycles. The van der Waals surface area contributed by atoms with Crippen molar-refractivity contribution in [2.45, 2.75) is 78.7 Å². The lowest BCUT2D eigenvalue weighted by atomic mass is 10.1. The third kappa shape index (κ3) is 4.91. The van der Waals surface area contributed by atoms with Crippen LogP contribution in [-0.4, -0.2) is 28.1 Å². The van der Waals surface area contributed by atoms with Crippen molar-refractivity contribution >= 4 is 20.0 Å². The van der Waals surface area contributed by atoms with Gasteiger partial charge in [0.2, 0.25) is 0 Å². The molecule has 0 aliphatic heterocycles. The molecular weight excluding hydrogens is 342 g/mol. The molecule has 0 aliphatic rings. The molecule has 0 bridgehead atoms. The maximum atomic E-state index is 6.26. The van der Waals surface area contributed by atoms with E-state index in [9.17, 15) is 0 Å². The first-order valence-corrected chi connectivity index (χ1v) is 12.0. The molecule has 0 saturated carbocycles. The van der Waals surface area contributed by atoms with E-state index in [0.717, 1.165) is 17.2 Å². The van der Waals surface area contributed by atoms with Crippen LogP contribution < -0.4 is 5.32 Å². The van der Waals surface area contributed by atoms with Gasteiger partial charge in [0.1, 0.15) is 11.6 Å². The van der Waals surface area contributed by atoms with E-state index in [4.69, 9.17) is 4.43 Å². The average molecular weight is 376 g/mol. The molecule has 6 nitrogen and oxygen atoms in total. The van der Waals surface area contributed by atoms with Crippen LogP contribution in [0, 0.1) is 6.92 Å². The first-order chi connectivity index (χ1) is 11.8. The normalized spacial score (nSPS) is 13.1. The van der Waals surface area contributed by atoms with Crippen molar-refractivity contribution in [2.75, 3.05) is 5.32 Å². The Kier molecular flexibility index (Phi) is 5.63. The van der Waals surface area contributed by atoms with Crippen LogP contribution in [0.4, 0.5) is 11.6 Å². The quantitative estimate of drug-likeness (QED) is 0.745. The Labute approximate surface area is 158 Å². The van der Waals surface area contributed by atoms with Crippen LogP contribution >= 0.6 is 0 Å². The molecule has 0 radical (unpaired) electrons. The van der Waals surface area contributed by atoms with Crippen LogP contribution in [0.3, 0.4) is 0 Å². The zero-order chi connectivity index (χ0) is 19.8. The minimum absolute atomic E-state index is 0.118. The molecule has 0 atom stereocenters. The lowest BCUT2D eigenvalue weighted by Gasteiger charge is -2.36. The monoisotopic (exact) mass is 375 g/mol. The van der Waals surface area contributed by atoms with E-state index < -0.39 is 8.32 Å². The predicted molar refractivity (Wildman–Crippen MR) is 109 cm³/mol. The number of nitrogens with one attached hydrogen (secondary N) is 1. The van der Waals surface area contributed by atoms with E-state index in [0.29, 0.717) is 12.4 Å². The standard InChI is InChI=1S/C19H33N5OSi/c1-14-10-17(24(23-14)18(2,3)4)22-16-12-20-11-15(21-16)13-25-26(8,9)19(5,6)7/h10-12H,13H2,1-9H3,(H,21,22). The van der Waals surface area contributed by atoms with E-state index in [1.807, 2.05) is 17.7 Å². The fourth-order valence-electron chi connectivity index (χ4n) is 2.24. The van der Waals surface area contributed by atoms with E-state index in [2.05, 4.69) is 75.0 Å². The van der Waals surface area contributed by atoms with Gasteiger partial charge in [0, 0.05) is 6.07 Å². The smallest absolute Gasteiger partial charge is 0.192 e. The fourth-order valence-corrected chi connectivity index (χ4v) is 3.18. The summed E-state index contributed by atoms with van der Waals surface area (Å²) in [6, 6.07) is 2.02. The van der Waals surface area contributed by atoms with Crippen molar-refractivity contribution in [3.05, 3.63) is 29.8 Å². The van der Waals surface area contributed by atoms with Gasteiger partial charge in [-0.3, -0.25) is 4.98 Å². The lowest BCUT2D eigenvalue weighted by Crippen LogP contribution is -2.40. The van der Waals surface area contributed by atoms with Crippen LogP contribution in [0.1, 0.15) is 52.9 Å². The summed E-state index contributed by atoms with van der Waals surface area (Å²) in [5, 5.41) is 8.11. The number of aromatic nitrogens is 4. The number of hydrogen-bond acceptors (Lipinski definition) is 5. The van der Waals surface area contributed by atoms with E-state index in [1.165, 1.54) is 0 Å². The Morgan fingerprint density at radius 2 is 1.77 bits per heavy atom. The molecule has 0 amide bonds. The van der Waals surface area contributed by atoms with Crippen molar-refractivity contribution in [3.63, 3.8) is 0 Å². The van der Waals surface area contributed by atoms with Crippen molar-refractivity contribution in [1.82, 2.24) is 19.7 Å². The van der Waals surface area contributed by atoms with Crippen LogP contribution in [0.25, 0.3) is 0 Å². The van der Waals surface area contributed by atoms with Gasteiger partial charge in [-0.05, 0) is 45.8 Å². The van der Waals surface area contributed by atoms with Crippen LogP contribution in [0.5, 0.6) is 0 Å². The van der Waals surface area contributed by atoms with E-state index in [-0.39, 0.29) is 10.6 Å². The van der Waals surface area contributed by atoms with Crippen molar-refractivity contribution < 1.29 is 4.43 Å². The van der Waals surface area contributed by atoms with Gasteiger partial charge in [0.15, 0.2) is 8.32 Å². The summed E-state index contributed by atoms with van der Waals surface area (Å²) in [7, 11) is -1.81. The summed E-state index contributed by atoms with van der Waals surface area (Å²) in [4.78, 5) is 8.99. The largest absolute Gasteiger partial charge is 0.411 e. The highest BCUT2D eigenvalue weighted by Crippen LogP contribution is 2.37. The summed E-state index contributed by atoms with van der Waals surface area (Å²) in [6.45, 7) is 20.0. The fraction of sp³-hybridized carbons (Fsp3) is 0.632. The number of aryl methyl sites for hydroxylation is 1. The lowest BCUT2D eigenvalue weighted by molar-refractivity contribution is 0.272. The minimum atomic E-state index is -1.81. The first kappa shape index (κ1) is 20.6. The molecule has 144 valence electrons. The van der Waals surface area contributed by atoms with Crippen LogP contribution in [0.2, 0.25) is 18.1 Å². The first-order valence-electron chi connectivity index (χ1n) is 9.09. The molecule has 2 aromatic rings. The maximum absolute atomic E-state index is 6.26. The van der Waals surface area contributed by atoms with Gasteiger partial charge in [-0.25, -0.2) is 9.67 Å². The second-order valence-corrected chi connectivity index (χ2v) is 14.1. The molecular formula is C19H33N5OSi. The Morgan fingerprint density at radius 1 is 1.12 bits per heavy atom. The number of anilines is 2. The molecule has 0 aliphatic carbocycles. The van der Waals surface area contributed by atoms with Crippen molar-refractivity contribution in [3.8, 4) is 0 Å². The van der Waals surface area contributed by atoms with Crippen molar-refractivity contribution in [1.29, 1.82) is 0 Å². The van der Waals surface area contributed by atoms with Gasteiger partial charge < -0.3 is 9.74 Å². The van der Waals surface area contributed by atoms with Gasteiger partial charge in [0.25, 0.3) is 0 Å². The number of nitrogens with zero attached hydrogens (tertiary/aromatic N) is 4. The second kappa shape index (κ2) is 7.11. The maximum Gasteiger partial charge on any atom is 0.192 e. The molecule has 1 N–H and O–H groups in total. The molecule has 26 heavy (non-hydrogen) atoms. The van der Waals surface area contributed by atoms with Crippen LogP contribution in [0.15, 0.2) is 18.5 Å². The van der Waals surface area contributed by atoms with Gasteiger partial charge in [-0.1, -0.05) is 20.8 Å². The van der Waals surface area contributed by atoms with Gasteiger partial charge in [-0.2, -0.15) is 5.10 Å². The molecule has 0 spiro atoms. The third-order valence-corrected chi connectivity index (χ3v) is 9.27. The summed E-state index contributed by atoms with van der Waals surface area (Å²) in [6.07, 6.45) is 3.50. The summed E-state index contributed by atoms with van der Waals surface area (Å²) in [5.41, 5.74) is 1.68. The molecule has 0 saturated heterocycles. The Balaban J connectivity index is 2.16. The molecule has 2 heterocycles. The topological polar surface area (TPSA) is 64.9 Å². The molecule has 2 aromatic heterocycles. The van der Waals surface area contributed by atoms with Crippen molar-refractivity contribution in [2.24, 2.45) is 0 Å². The predicted octanol–water partition coefficient (Wildman–Crippen LogP) is 5.00. The van der Waals surface area contributed by atoms with Gasteiger partial charge in [-0.15, -0.1) is 0 Å². The van der Waals surface area contributed by atoms with E-state index >= 15 is 0 Å². The molecule has 7 heteroatoms. The average Bonchev–Trinajstić information content (AvgIpc) is 2.85. The Bertz CT molecular complexity index is 756. The third-order valence-electron chi connectivity index (χ3n) is 4.79. The SMILES string of the molecule is Cc1cc(Nc2cncc(CO[Si](C)(C)C(C)(C)C)n2)n(C(C)(C)C)n1. The molecule has 0 fully saturated rings. The number of rotatable bonds is 5. The Hall–Kier alpha value is -1.73. The highest BCUT2D eigenvalue weighted by molar-refractivity contribution is 6.74. The minimum Gasteiger partial charge on any atom is -0.411 e. The molecule has 2 rings (SSSR count). The van der Waals surface area contributed by atoms with E-state index in [1.54, 1.807) is 12.4 Å². The summed E-state index contributed by atoms with van der Waals surface area (Å²) >= 11 is 0. The summed E-state index contributed by atoms with van der Waals surface area (Å²) in [5.74, 6) is 1.61. The number of hydrogen-bond donors (Lipinski definition) is 1. The second-order valence-electron chi connectivity index (χ2n) is 9.32. The van der Waals surface area contributed by atoms with Gasteiger partial charge in [0.05, 0.1) is 35.9 Å². The summed E-state index contributed by atoms with van der Waals surface area (Å²) < 4.78 is 8.23. The Morgan fingerprint density at radius 3 is 2.35 bits per heavy atom. The van der Waals surface area contributed by atoms with Crippen LogP contribution in [-0.2, 0) is 16.6 Å². The molecule has 0 unspecified atom stereocenters. The van der Waals surface area contributed by atoms with Gasteiger partial charge >= 0.3 is 0 Å².